The van der Waals surface area contributed by atoms with E-state index in [1.807, 2.05) is 6.92 Å². The van der Waals surface area contributed by atoms with Crippen LogP contribution in [0.2, 0.25) is 0 Å². The van der Waals surface area contributed by atoms with Crippen molar-refractivity contribution >= 4 is 23.0 Å². The number of nitrogens with two attached hydrogens (primary N) is 1. The molecule has 17 heavy (non-hydrogen) atoms. The molecule has 0 aliphatic heterocycles. The average molecular weight is 248 g/mol. The summed E-state index contributed by atoms with van der Waals surface area (Å²) >= 11 is 1.71. The average Bonchev–Trinajstić information content (AvgIpc) is 2.71. The van der Waals surface area contributed by atoms with Gasteiger partial charge in [0.1, 0.15) is 17.5 Å². The minimum Gasteiger partial charge on any atom is -0.384 e. The van der Waals surface area contributed by atoms with Crippen LogP contribution < -0.4 is 11.1 Å². The van der Waals surface area contributed by atoms with Gasteiger partial charge in [0.15, 0.2) is 0 Å². The summed E-state index contributed by atoms with van der Waals surface area (Å²) in [5, 5.41) is 7.57. The lowest BCUT2D eigenvalue weighted by atomic mass is 10.2. The predicted octanol–water partition coefficient (Wildman–Crippen LogP) is 2.60. The van der Waals surface area contributed by atoms with Crippen LogP contribution in [0.25, 0.3) is 0 Å². The first-order chi connectivity index (χ1) is 8.19. The van der Waals surface area contributed by atoms with E-state index in [4.69, 9.17) is 5.73 Å². The summed E-state index contributed by atoms with van der Waals surface area (Å²) in [5.41, 5.74) is 8.33. The zero-order chi connectivity index (χ0) is 12.3. The highest BCUT2D eigenvalue weighted by Crippen LogP contribution is 2.16. The van der Waals surface area contributed by atoms with Gasteiger partial charge in [-0.1, -0.05) is 6.92 Å². The molecule has 0 unspecified atom stereocenters. The van der Waals surface area contributed by atoms with Gasteiger partial charge in [-0.2, -0.15) is 11.3 Å². The third-order valence-corrected chi connectivity index (χ3v) is 3.44. The summed E-state index contributed by atoms with van der Waals surface area (Å²) in [7, 11) is 0. The van der Waals surface area contributed by atoms with Crippen molar-refractivity contribution in [1.82, 2.24) is 9.97 Å². The van der Waals surface area contributed by atoms with Gasteiger partial charge in [0.05, 0.1) is 0 Å². The molecule has 0 bridgehead atoms. The third kappa shape index (κ3) is 2.94. The lowest BCUT2D eigenvalue weighted by Gasteiger charge is -2.07. The normalized spacial score (nSPS) is 10.5. The topological polar surface area (TPSA) is 63.8 Å². The number of nitrogens with zero attached hydrogens (tertiary/aromatic N) is 2. The Bertz CT molecular complexity index is 507. The summed E-state index contributed by atoms with van der Waals surface area (Å²) < 4.78 is 0. The monoisotopic (exact) mass is 248 g/mol. The highest BCUT2D eigenvalue weighted by Gasteiger charge is 2.03. The Kier molecular flexibility index (Phi) is 3.58. The molecule has 0 atom stereocenters. The minimum absolute atomic E-state index is 0.515. The molecule has 0 aliphatic rings. The Morgan fingerprint density at radius 2 is 2.18 bits per heavy atom. The van der Waals surface area contributed by atoms with Gasteiger partial charge >= 0.3 is 0 Å². The first-order valence-corrected chi connectivity index (χ1v) is 6.52. The van der Waals surface area contributed by atoms with Gasteiger partial charge in [-0.3, -0.25) is 0 Å². The molecule has 0 fully saturated rings. The van der Waals surface area contributed by atoms with E-state index in [1.165, 1.54) is 11.1 Å². The van der Waals surface area contributed by atoms with Crippen molar-refractivity contribution in [3.05, 3.63) is 33.8 Å². The van der Waals surface area contributed by atoms with Crippen LogP contribution in [0.1, 0.15) is 23.9 Å². The highest BCUT2D eigenvalue weighted by atomic mass is 32.1. The quantitative estimate of drug-likeness (QED) is 0.873. The SMILES string of the molecule is CCc1nc(N)cc(NCc2cscc2C)n1. The highest BCUT2D eigenvalue weighted by molar-refractivity contribution is 7.08. The Balaban J connectivity index is 2.09. The second-order valence-electron chi connectivity index (χ2n) is 3.88. The maximum Gasteiger partial charge on any atom is 0.132 e. The Hall–Kier alpha value is -1.62. The van der Waals surface area contributed by atoms with Gasteiger partial charge in [-0.15, -0.1) is 0 Å². The number of nitrogens with one attached hydrogen (secondary N) is 1. The fourth-order valence-electron chi connectivity index (χ4n) is 1.52. The largest absolute Gasteiger partial charge is 0.384 e. The smallest absolute Gasteiger partial charge is 0.132 e. The van der Waals surface area contributed by atoms with E-state index in [0.29, 0.717) is 5.82 Å². The lowest BCUT2D eigenvalue weighted by molar-refractivity contribution is 0.937. The summed E-state index contributed by atoms with van der Waals surface area (Å²) in [6.07, 6.45) is 0.789. The standard InChI is InChI=1S/C12H16N4S/c1-3-11-15-10(13)4-12(16-11)14-5-9-7-17-6-8(9)2/h4,6-7H,3,5H2,1-2H3,(H3,13,14,15,16). The van der Waals surface area contributed by atoms with Crippen LogP contribution in [0.15, 0.2) is 16.8 Å². The molecule has 0 aromatic carbocycles. The Morgan fingerprint density at radius 1 is 1.35 bits per heavy atom. The zero-order valence-corrected chi connectivity index (χ0v) is 10.8. The first-order valence-electron chi connectivity index (χ1n) is 5.58. The van der Waals surface area contributed by atoms with E-state index in [0.717, 1.165) is 24.6 Å². The van der Waals surface area contributed by atoms with Crippen LogP contribution in [-0.4, -0.2) is 9.97 Å². The fourth-order valence-corrected chi connectivity index (χ4v) is 2.38. The van der Waals surface area contributed by atoms with Crippen molar-refractivity contribution < 1.29 is 0 Å². The molecule has 0 saturated heterocycles. The van der Waals surface area contributed by atoms with Crippen LogP contribution in [0.4, 0.5) is 11.6 Å². The van der Waals surface area contributed by atoms with Crippen molar-refractivity contribution in [2.75, 3.05) is 11.1 Å². The van der Waals surface area contributed by atoms with Gasteiger partial charge in [0.25, 0.3) is 0 Å². The maximum atomic E-state index is 5.72. The van der Waals surface area contributed by atoms with Gasteiger partial charge in [0, 0.05) is 19.0 Å². The molecule has 0 spiro atoms. The maximum absolute atomic E-state index is 5.72. The molecule has 2 heterocycles. The van der Waals surface area contributed by atoms with Gasteiger partial charge in [-0.25, -0.2) is 9.97 Å². The van der Waals surface area contributed by atoms with E-state index < -0.39 is 0 Å². The van der Waals surface area contributed by atoms with E-state index >= 15 is 0 Å². The molecule has 0 radical (unpaired) electrons. The molecule has 0 amide bonds. The van der Waals surface area contributed by atoms with Crippen molar-refractivity contribution in [3.63, 3.8) is 0 Å². The number of hydrogen-bond acceptors (Lipinski definition) is 5. The molecule has 2 rings (SSSR count). The molecular formula is C12H16N4S. The molecule has 0 saturated carbocycles. The van der Waals surface area contributed by atoms with Crippen LogP contribution in [-0.2, 0) is 13.0 Å². The van der Waals surface area contributed by atoms with Crippen LogP contribution in [0.5, 0.6) is 0 Å². The second-order valence-corrected chi connectivity index (χ2v) is 4.62. The predicted molar refractivity (Wildman–Crippen MR) is 72.2 cm³/mol. The van der Waals surface area contributed by atoms with E-state index in [-0.39, 0.29) is 0 Å². The molecule has 4 nitrogen and oxygen atoms in total. The lowest BCUT2D eigenvalue weighted by Crippen LogP contribution is -2.06. The Morgan fingerprint density at radius 3 is 2.82 bits per heavy atom. The van der Waals surface area contributed by atoms with Crippen LogP contribution in [0.3, 0.4) is 0 Å². The molecule has 5 heteroatoms. The third-order valence-electron chi connectivity index (χ3n) is 2.53. The number of thiophene rings is 1. The van der Waals surface area contributed by atoms with Gasteiger partial charge in [0.2, 0.25) is 0 Å². The van der Waals surface area contributed by atoms with Crippen molar-refractivity contribution in [3.8, 4) is 0 Å². The minimum atomic E-state index is 0.515. The molecular weight excluding hydrogens is 232 g/mol. The van der Waals surface area contributed by atoms with Gasteiger partial charge < -0.3 is 11.1 Å². The van der Waals surface area contributed by atoms with Crippen molar-refractivity contribution in [2.45, 2.75) is 26.8 Å². The summed E-state index contributed by atoms with van der Waals surface area (Å²) in [6.45, 7) is 4.90. The number of rotatable bonds is 4. The van der Waals surface area contributed by atoms with Crippen molar-refractivity contribution in [2.24, 2.45) is 0 Å². The van der Waals surface area contributed by atoms with E-state index in [2.05, 4.69) is 33.0 Å². The Labute approximate surface area is 105 Å². The van der Waals surface area contributed by atoms with Gasteiger partial charge in [-0.05, 0) is 28.8 Å². The van der Waals surface area contributed by atoms with Crippen LogP contribution >= 0.6 is 11.3 Å². The molecule has 2 aromatic heterocycles. The molecule has 0 aliphatic carbocycles. The molecule has 3 N–H and O–H groups in total. The number of nitrogen functional groups attached to an aromatic ring is 1. The second kappa shape index (κ2) is 5.14. The molecule has 2 aromatic rings. The van der Waals surface area contributed by atoms with E-state index in [1.54, 1.807) is 17.4 Å². The zero-order valence-electron chi connectivity index (χ0n) is 10.0. The number of aromatic nitrogens is 2. The number of aryl methyl sites for hydroxylation is 2. The van der Waals surface area contributed by atoms with E-state index in [9.17, 15) is 0 Å². The summed E-state index contributed by atoms with van der Waals surface area (Å²) in [6, 6.07) is 1.76. The number of hydrogen-bond donors (Lipinski definition) is 2. The summed E-state index contributed by atoms with van der Waals surface area (Å²) in [4.78, 5) is 8.53. The summed E-state index contributed by atoms with van der Waals surface area (Å²) in [5.74, 6) is 2.08. The van der Waals surface area contributed by atoms with Crippen LogP contribution in [0, 0.1) is 6.92 Å². The van der Waals surface area contributed by atoms with Crippen molar-refractivity contribution in [1.29, 1.82) is 0 Å². The fraction of sp³-hybridized carbons (Fsp3) is 0.333. The number of anilines is 2. The molecule has 90 valence electrons. The first kappa shape index (κ1) is 11.9.